The van der Waals surface area contributed by atoms with Crippen molar-refractivity contribution in [3.8, 4) is 0 Å². The summed E-state index contributed by atoms with van der Waals surface area (Å²) in [5.74, 6) is -0.375. The Morgan fingerprint density at radius 3 is 2.24 bits per heavy atom. The lowest BCUT2D eigenvalue weighted by atomic mass is 10.1. The molecule has 6 heteroatoms. The molecule has 0 saturated carbocycles. The largest absolute Gasteiger partial charge is 0.416 e. The molecule has 0 unspecified atom stereocenters. The van der Waals surface area contributed by atoms with Gasteiger partial charge in [-0.05, 0) is 29.8 Å². The minimum absolute atomic E-state index is 0.127. The number of carbonyl (C=O) groups excluding carboxylic acids is 1. The van der Waals surface area contributed by atoms with Gasteiger partial charge in [-0.15, -0.1) is 0 Å². The summed E-state index contributed by atoms with van der Waals surface area (Å²) in [5.41, 5.74) is 0.179. The molecule has 0 aliphatic carbocycles. The zero-order valence-electron chi connectivity index (χ0n) is 10.7. The molecule has 0 radical (unpaired) electrons. The maximum atomic E-state index is 12.4. The Morgan fingerprint density at radius 2 is 1.67 bits per heavy atom. The van der Waals surface area contributed by atoms with Crippen molar-refractivity contribution < 1.29 is 18.0 Å². The molecule has 0 aliphatic heterocycles. The summed E-state index contributed by atoms with van der Waals surface area (Å²) >= 11 is 5.89. The maximum absolute atomic E-state index is 12.4. The van der Waals surface area contributed by atoms with E-state index < -0.39 is 11.7 Å². The second-order valence-corrected chi connectivity index (χ2v) is 4.76. The maximum Gasteiger partial charge on any atom is 0.416 e. The molecule has 0 saturated heterocycles. The number of hydrogen-bond donors (Lipinski definition) is 1. The summed E-state index contributed by atoms with van der Waals surface area (Å²) in [6.07, 6.45) is -4.36. The van der Waals surface area contributed by atoms with Crippen LogP contribution in [0.25, 0.3) is 0 Å². The third-order valence-corrected chi connectivity index (χ3v) is 3.18. The standard InChI is InChI=1S/C15H11ClF3NO/c16-13-4-2-1-3-12(13)14(21)20-9-10-5-7-11(8-6-10)15(17,18)19/h1-8H,9H2,(H,20,21). The normalized spacial score (nSPS) is 11.2. The predicted molar refractivity (Wildman–Crippen MR) is 74.1 cm³/mol. The molecule has 2 aromatic rings. The number of carbonyl (C=O) groups is 1. The van der Waals surface area contributed by atoms with E-state index in [0.29, 0.717) is 16.1 Å². The van der Waals surface area contributed by atoms with E-state index in [2.05, 4.69) is 5.32 Å². The molecule has 0 fully saturated rings. The van der Waals surface area contributed by atoms with Gasteiger partial charge in [0.05, 0.1) is 16.1 Å². The molecular weight excluding hydrogens is 303 g/mol. The third kappa shape index (κ3) is 3.98. The van der Waals surface area contributed by atoms with Crippen LogP contribution in [0.1, 0.15) is 21.5 Å². The molecule has 2 rings (SSSR count). The van der Waals surface area contributed by atoms with Crippen LogP contribution >= 0.6 is 11.6 Å². The minimum atomic E-state index is -4.36. The van der Waals surface area contributed by atoms with Gasteiger partial charge < -0.3 is 5.32 Å². The first-order valence-corrected chi connectivity index (χ1v) is 6.44. The first kappa shape index (κ1) is 15.4. The molecule has 110 valence electrons. The Kier molecular flexibility index (Phi) is 4.53. The second kappa shape index (κ2) is 6.18. The third-order valence-electron chi connectivity index (χ3n) is 2.85. The van der Waals surface area contributed by atoms with Gasteiger partial charge in [-0.1, -0.05) is 35.9 Å². The van der Waals surface area contributed by atoms with E-state index in [4.69, 9.17) is 11.6 Å². The van der Waals surface area contributed by atoms with Crippen LogP contribution in [0.15, 0.2) is 48.5 Å². The molecule has 0 spiro atoms. The van der Waals surface area contributed by atoms with Gasteiger partial charge in [0.15, 0.2) is 0 Å². The van der Waals surface area contributed by atoms with Gasteiger partial charge in [-0.2, -0.15) is 13.2 Å². The van der Waals surface area contributed by atoms with Crippen LogP contribution in [-0.4, -0.2) is 5.91 Å². The fraction of sp³-hybridized carbons (Fsp3) is 0.133. The molecule has 0 atom stereocenters. The molecule has 21 heavy (non-hydrogen) atoms. The van der Waals surface area contributed by atoms with Crippen molar-refractivity contribution in [2.24, 2.45) is 0 Å². The molecule has 2 nitrogen and oxygen atoms in total. The van der Waals surface area contributed by atoms with Crippen molar-refractivity contribution in [3.63, 3.8) is 0 Å². The number of halogens is 4. The summed E-state index contributed by atoms with van der Waals surface area (Å²) in [6, 6.07) is 11.2. The number of hydrogen-bond acceptors (Lipinski definition) is 1. The van der Waals surface area contributed by atoms with Gasteiger partial charge >= 0.3 is 6.18 Å². The van der Waals surface area contributed by atoms with Crippen LogP contribution < -0.4 is 5.32 Å². The average molecular weight is 314 g/mol. The smallest absolute Gasteiger partial charge is 0.348 e. The fourth-order valence-electron chi connectivity index (χ4n) is 1.73. The lowest BCUT2D eigenvalue weighted by Crippen LogP contribution is -2.23. The lowest BCUT2D eigenvalue weighted by Gasteiger charge is -2.09. The summed E-state index contributed by atoms with van der Waals surface area (Å²) < 4.78 is 37.2. The topological polar surface area (TPSA) is 29.1 Å². The molecule has 1 amide bonds. The van der Waals surface area contributed by atoms with E-state index in [9.17, 15) is 18.0 Å². The molecule has 0 aliphatic rings. The van der Waals surface area contributed by atoms with Crippen LogP contribution in [0.5, 0.6) is 0 Å². The van der Waals surface area contributed by atoms with Gasteiger partial charge in [0.1, 0.15) is 0 Å². The van der Waals surface area contributed by atoms with Crippen LogP contribution in [0, 0.1) is 0 Å². The van der Waals surface area contributed by atoms with Crippen molar-refractivity contribution in [2.75, 3.05) is 0 Å². The van der Waals surface area contributed by atoms with E-state index >= 15 is 0 Å². The van der Waals surface area contributed by atoms with E-state index in [0.717, 1.165) is 12.1 Å². The highest BCUT2D eigenvalue weighted by Gasteiger charge is 2.29. The van der Waals surface area contributed by atoms with E-state index in [1.165, 1.54) is 12.1 Å². The van der Waals surface area contributed by atoms with Gasteiger partial charge in [0.2, 0.25) is 0 Å². The van der Waals surface area contributed by atoms with E-state index in [-0.39, 0.29) is 12.5 Å². The molecule has 0 bridgehead atoms. The number of amides is 1. The molecule has 0 aromatic heterocycles. The van der Waals surface area contributed by atoms with Crippen LogP contribution in [-0.2, 0) is 12.7 Å². The van der Waals surface area contributed by atoms with Crippen LogP contribution in [0.3, 0.4) is 0 Å². The first-order valence-electron chi connectivity index (χ1n) is 6.07. The SMILES string of the molecule is O=C(NCc1ccc(C(F)(F)F)cc1)c1ccccc1Cl. The zero-order valence-corrected chi connectivity index (χ0v) is 11.5. The zero-order chi connectivity index (χ0) is 15.5. The van der Waals surface area contributed by atoms with Gasteiger partial charge in [-0.3, -0.25) is 4.79 Å². The number of rotatable bonds is 3. The highest BCUT2D eigenvalue weighted by molar-refractivity contribution is 6.33. The van der Waals surface area contributed by atoms with E-state index in [1.807, 2.05) is 0 Å². The fourth-order valence-corrected chi connectivity index (χ4v) is 1.96. The van der Waals surface area contributed by atoms with Crippen molar-refractivity contribution >= 4 is 17.5 Å². The average Bonchev–Trinajstić information content (AvgIpc) is 2.45. The van der Waals surface area contributed by atoms with Crippen molar-refractivity contribution in [1.82, 2.24) is 5.32 Å². The molecule has 2 aromatic carbocycles. The second-order valence-electron chi connectivity index (χ2n) is 4.36. The van der Waals surface area contributed by atoms with Crippen LogP contribution in [0.2, 0.25) is 5.02 Å². The van der Waals surface area contributed by atoms with Gasteiger partial charge in [0.25, 0.3) is 5.91 Å². The first-order chi connectivity index (χ1) is 9.88. The summed E-state index contributed by atoms with van der Waals surface area (Å²) in [5, 5.41) is 2.93. The van der Waals surface area contributed by atoms with Gasteiger partial charge in [-0.25, -0.2) is 0 Å². The van der Waals surface area contributed by atoms with E-state index in [1.54, 1.807) is 24.3 Å². The number of benzene rings is 2. The summed E-state index contributed by atoms with van der Waals surface area (Å²) in [4.78, 5) is 11.9. The highest BCUT2D eigenvalue weighted by atomic mass is 35.5. The Bertz CT molecular complexity index is 638. The summed E-state index contributed by atoms with van der Waals surface area (Å²) in [6.45, 7) is 0.127. The van der Waals surface area contributed by atoms with Gasteiger partial charge in [0, 0.05) is 6.54 Å². The monoisotopic (exact) mass is 313 g/mol. The number of alkyl halides is 3. The Hall–Kier alpha value is -2.01. The molecule has 1 N–H and O–H groups in total. The minimum Gasteiger partial charge on any atom is -0.348 e. The molecular formula is C15H11ClF3NO. The quantitative estimate of drug-likeness (QED) is 0.900. The number of nitrogens with one attached hydrogen (secondary N) is 1. The Labute approximate surface area is 124 Å². The van der Waals surface area contributed by atoms with Crippen molar-refractivity contribution in [2.45, 2.75) is 12.7 Å². The predicted octanol–water partition coefficient (Wildman–Crippen LogP) is 4.29. The Morgan fingerprint density at radius 1 is 1.05 bits per heavy atom. The summed E-state index contributed by atoms with van der Waals surface area (Å²) in [7, 11) is 0. The van der Waals surface area contributed by atoms with Crippen molar-refractivity contribution in [3.05, 3.63) is 70.2 Å². The molecule has 0 heterocycles. The lowest BCUT2D eigenvalue weighted by molar-refractivity contribution is -0.137. The van der Waals surface area contributed by atoms with Crippen LogP contribution in [0.4, 0.5) is 13.2 Å². The van der Waals surface area contributed by atoms with Crippen molar-refractivity contribution in [1.29, 1.82) is 0 Å². The highest BCUT2D eigenvalue weighted by Crippen LogP contribution is 2.29. The Balaban J connectivity index is 2.00.